The largest absolute Gasteiger partial charge is 0.377 e. The Morgan fingerprint density at radius 3 is 2.31 bits per heavy atom. The normalized spacial score (nSPS) is 18.7. The Labute approximate surface area is 96.8 Å². The number of benzene rings is 1. The summed E-state index contributed by atoms with van der Waals surface area (Å²) in [6.45, 7) is 7.70. The molecular weight excluding hydrogens is 202 g/mol. The van der Waals surface area contributed by atoms with Crippen LogP contribution in [0.25, 0.3) is 0 Å². The molecule has 0 radical (unpaired) electrons. The highest BCUT2D eigenvalue weighted by atomic mass is 16.7. The summed E-state index contributed by atoms with van der Waals surface area (Å²) >= 11 is 0. The van der Waals surface area contributed by atoms with Gasteiger partial charge < -0.3 is 14.8 Å². The molecule has 1 aromatic carbocycles. The summed E-state index contributed by atoms with van der Waals surface area (Å²) in [5.41, 5.74) is 3.70. The van der Waals surface area contributed by atoms with E-state index in [4.69, 9.17) is 9.47 Å². The molecule has 1 fully saturated rings. The summed E-state index contributed by atoms with van der Waals surface area (Å²) < 4.78 is 11.0. The van der Waals surface area contributed by atoms with E-state index in [9.17, 15) is 0 Å². The van der Waals surface area contributed by atoms with Gasteiger partial charge in [-0.15, -0.1) is 0 Å². The second-order valence-electron chi connectivity index (χ2n) is 4.31. The lowest BCUT2D eigenvalue weighted by Gasteiger charge is -2.22. The van der Waals surface area contributed by atoms with E-state index in [1.54, 1.807) is 0 Å². The predicted octanol–water partition coefficient (Wildman–Crippen LogP) is 2.48. The van der Waals surface area contributed by atoms with Crippen molar-refractivity contribution in [1.82, 2.24) is 0 Å². The molecule has 1 aliphatic rings. The van der Waals surface area contributed by atoms with Crippen molar-refractivity contribution in [3.63, 3.8) is 0 Å². The van der Waals surface area contributed by atoms with Crippen LogP contribution in [0.3, 0.4) is 0 Å². The van der Waals surface area contributed by atoms with E-state index in [2.05, 4.69) is 44.3 Å². The quantitative estimate of drug-likeness (QED) is 0.850. The summed E-state index contributed by atoms with van der Waals surface area (Å²) in [5, 5.41) is 3.47. The number of para-hydroxylation sites is 1. The van der Waals surface area contributed by atoms with Crippen LogP contribution < -0.4 is 5.32 Å². The molecular formula is C13H19NO2. The molecule has 0 spiro atoms. The average molecular weight is 221 g/mol. The minimum Gasteiger partial charge on any atom is -0.377 e. The van der Waals surface area contributed by atoms with Gasteiger partial charge in [-0.3, -0.25) is 0 Å². The smallest absolute Gasteiger partial charge is 0.177 e. The summed E-state index contributed by atoms with van der Waals surface area (Å²) in [5.74, 6) is 0. The summed E-state index contributed by atoms with van der Waals surface area (Å²) in [4.78, 5) is 0. The Morgan fingerprint density at radius 1 is 1.19 bits per heavy atom. The number of hydrogen-bond donors (Lipinski definition) is 1. The molecule has 1 aliphatic heterocycles. The van der Waals surface area contributed by atoms with Gasteiger partial charge in [0, 0.05) is 5.69 Å². The molecule has 0 aromatic heterocycles. The first kappa shape index (κ1) is 11.4. The van der Waals surface area contributed by atoms with Crippen molar-refractivity contribution < 1.29 is 9.47 Å². The summed E-state index contributed by atoms with van der Waals surface area (Å²) in [6.07, 6.45) is -0.126. The molecule has 1 N–H and O–H groups in total. The number of rotatable bonds is 3. The molecule has 0 bridgehead atoms. The van der Waals surface area contributed by atoms with E-state index in [1.165, 1.54) is 16.8 Å². The van der Waals surface area contributed by atoms with Gasteiger partial charge in [0.1, 0.15) is 0 Å². The third-order valence-corrected chi connectivity index (χ3v) is 2.91. The summed E-state index contributed by atoms with van der Waals surface area (Å²) in [7, 11) is 0. The zero-order valence-electron chi connectivity index (χ0n) is 10.1. The SMILES string of the molecule is Cc1cccc(C)c1NC(C)C1OCCO1. The average Bonchev–Trinajstić information content (AvgIpc) is 2.76. The highest BCUT2D eigenvalue weighted by molar-refractivity contribution is 5.57. The molecule has 1 atom stereocenters. The third-order valence-electron chi connectivity index (χ3n) is 2.91. The van der Waals surface area contributed by atoms with Crippen LogP contribution in [-0.2, 0) is 9.47 Å². The van der Waals surface area contributed by atoms with Crippen LogP contribution in [0, 0.1) is 13.8 Å². The van der Waals surface area contributed by atoms with Crippen LogP contribution in [0.1, 0.15) is 18.1 Å². The zero-order chi connectivity index (χ0) is 11.5. The maximum atomic E-state index is 5.48. The first-order valence-corrected chi connectivity index (χ1v) is 5.74. The standard InChI is InChI=1S/C13H19NO2/c1-9-5-4-6-10(2)12(9)14-11(3)13-15-7-8-16-13/h4-6,11,13-14H,7-8H2,1-3H3. The second kappa shape index (κ2) is 4.85. The van der Waals surface area contributed by atoms with Crippen molar-refractivity contribution in [3.05, 3.63) is 29.3 Å². The fourth-order valence-electron chi connectivity index (χ4n) is 2.00. The lowest BCUT2D eigenvalue weighted by atomic mass is 10.1. The summed E-state index contributed by atoms with van der Waals surface area (Å²) in [6, 6.07) is 6.46. The number of hydrogen-bond acceptors (Lipinski definition) is 3. The molecule has 16 heavy (non-hydrogen) atoms. The van der Waals surface area contributed by atoms with Gasteiger partial charge in [-0.1, -0.05) is 18.2 Å². The van der Waals surface area contributed by atoms with Gasteiger partial charge >= 0.3 is 0 Å². The molecule has 1 saturated heterocycles. The maximum Gasteiger partial charge on any atom is 0.177 e. The van der Waals surface area contributed by atoms with Crippen LogP contribution >= 0.6 is 0 Å². The van der Waals surface area contributed by atoms with E-state index in [0.717, 1.165) is 0 Å². The molecule has 0 amide bonds. The number of aryl methyl sites for hydroxylation is 2. The van der Waals surface area contributed by atoms with E-state index >= 15 is 0 Å². The predicted molar refractivity (Wildman–Crippen MR) is 64.7 cm³/mol. The highest BCUT2D eigenvalue weighted by Crippen LogP contribution is 2.22. The fourth-order valence-corrected chi connectivity index (χ4v) is 2.00. The van der Waals surface area contributed by atoms with Crippen molar-refractivity contribution in [2.24, 2.45) is 0 Å². The van der Waals surface area contributed by atoms with Crippen molar-refractivity contribution in [2.45, 2.75) is 33.1 Å². The van der Waals surface area contributed by atoms with Crippen molar-refractivity contribution in [1.29, 1.82) is 0 Å². The third kappa shape index (κ3) is 2.36. The van der Waals surface area contributed by atoms with Crippen molar-refractivity contribution in [3.8, 4) is 0 Å². The van der Waals surface area contributed by atoms with Crippen LogP contribution in [0.5, 0.6) is 0 Å². The highest BCUT2D eigenvalue weighted by Gasteiger charge is 2.23. The molecule has 0 saturated carbocycles. The Kier molecular flexibility index (Phi) is 3.46. The van der Waals surface area contributed by atoms with Crippen LogP contribution in [0.4, 0.5) is 5.69 Å². The second-order valence-corrected chi connectivity index (χ2v) is 4.31. The van der Waals surface area contributed by atoms with Crippen LogP contribution in [0.15, 0.2) is 18.2 Å². The van der Waals surface area contributed by atoms with Gasteiger partial charge in [0.05, 0.1) is 19.3 Å². The van der Waals surface area contributed by atoms with E-state index in [0.29, 0.717) is 13.2 Å². The number of nitrogens with one attached hydrogen (secondary N) is 1. The zero-order valence-corrected chi connectivity index (χ0v) is 10.1. The molecule has 1 heterocycles. The Balaban J connectivity index is 2.07. The van der Waals surface area contributed by atoms with E-state index in [1.807, 2.05) is 0 Å². The van der Waals surface area contributed by atoms with Crippen LogP contribution in [0.2, 0.25) is 0 Å². The molecule has 0 aliphatic carbocycles. The minimum absolute atomic E-state index is 0.126. The molecule has 3 nitrogen and oxygen atoms in total. The van der Waals surface area contributed by atoms with Crippen molar-refractivity contribution in [2.75, 3.05) is 18.5 Å². The Bertz CT molecular complexity index is 339. The Hall–Kier alpha value is -1.06. The van der Waals surface area contributed by atoms with Gasteiger partial charge in [0.15, 0.2) is 6.29 Å². The van der Waals surface area contributed by atoms with Crippen molar-refractivity contribution >= 4 is 5.69 Å². The van der Waals surface area contributed by atoms with Gasteiger partial charge in [-0.25, -0.2) is 0 Å². The lowest BCUT2D eigenvalue weighted by molar-refractivity contribution is -0.0504. The lowest BCUT2D eigenvalue weighted by Crippen LogP contribution is -2.31. The van der Waals surface area contributed by atoms with Crippen LogP contribution in [-0.4, -0.2) is 25.5 Å². The minimum atomic E-state index is -0.126. The molecule has 3 heteroatoms. The first-order valence-electron chi connectivity index (χ1n) is 5.74. The van der Waals surface area contributed by atoms with E-state index in [-0.39, 0.29) is 12.3 Å². The topological polar surface area (TPSA) is 30.5 Å². The number of anilines is 1. The van der Waals surface area contributed by atoms with Gasteiger partial charge in [-0.2, -0.15) is 0 Å². The van der Waals surface area contributed by atoms with E-state index < -0.39 is 0 Å². The maximum absolute atomic E-state index is 5.48. The molecule has 1 aromatic rings. The van der Waals surface area contributed by atoms with Gasteiger partial charge in [-0.05, 0) is 31.9 Å². The molecule has 2 rings (SSSR count). The first-order chi connectivity index (χ1) is 7.68. The van der Waals surface area contributed by atoms with Gasteiger partial charge in [0.2, 0.25) is 0 Å². The number of ether oxygens (including phenoxy) is 2. The van der Waals surface area contributed by atoms with Gasteiger partial charge in [0.25, 0.3) is 0 Å². The fraction of sp³-hybridized carbons (Fsp3) is 0.538. The molecule has 1 unspecified atom stereocenters. The monoisotopic (exact) mass is 221 g/mol. The molecule has 88 valence electrons. The Morgan fingerprint density at radius 2 is 1.75 bits per heavy atom.